The fraction of sp³-hybridized carbons (Fsp3) is 0.357. The summed E-state index contributed by atoms with van der Waals surface area (Å²) in [6.45, 7) is 1.06. The zero-order valence-corrected chi connectivity index (χ0v) is 14.0. The Balaban J connectivity index is 2.12. The molecule has 0 spiro atoms. The first-order valence-corrected chi connectivity index (χ1v) is 8.97. The Morgan fingerprint density at radius 1 is 1.38 bits per heavy atom. The molecule has 3 rings (SSSR count). The summed E-state index contributed by atoms with van der Waals surface area (Å²) in [6, 6.07) is 5.51. The summed E-state index contributed by atoms with van der Waals surface area (Å²) in [5.74, 6) is 0. The molecule has 7 heteroatoms. The van der Waals surface area contributed by atoms with Crippen molar-refractivity contribution in [1.82, 2.24) is 14.6 Å². The number of nitrogens with one attached hydrogen (secondary N) is 1. The molecule has 2 heterocycles. The zero-order chi connectivity index (χ0) is 15.0. The van der Waals surface area contributed by atoms with E-state index in [4.69, 9.17) is 0 Å². The quantitative estimate of drug-likeness (QED) is 0.898. The SMILES string of the molecule is CN[C@@H]1CCN(S(=O)(=O)c2cccc3cncc(Br)c23)C1. The molecule has 0 aliphatic carbocycles. The standard InChI is InChI=1S/C14H16BrN3O2S/c1-16-11-5-6-18(9-11)21(19,20)13-4-2-3-10-7-17-8-12(15)14(10)13/h2-4,7-8,11,16H,5-6,9H2,1H3/t11-/m1/s1. The van der Waals surface area contributed by atoms with E-state index in [0.29, 0.717) is 27.8 Å². The van der Waals surface area contributed by atoms with Gasteiger partial charge in [-0.05, 0) is 35.5 Å². The summed E-state index contributed by atoms with van der Waals surface area (Å²) in [4.78, 5) is 4.43. The van der Waals surface area contributed by atoms with Crippen molar-refractivity contribution in [1.29, 1.82) is 0 Å². The van der Waals surface area contributed by atoms with Crippen LogP contribution in [0.5, 0.6) is 0 Å². The Morgan fingerprint density at radius 2 is 2.19 bits per heavy atom. The van der Waals surface area contributed by atoms with Crippen LogP contribution in [0.3, 0.4) is 0 Å². The first kappa shape index (κ1) is 14.9. The maximum absolute atomic E-state index is 12.9. The highest BCUT2D eigenvalue weighted by molar-refractivity contribution is 9.10. The Labute approximate surface area is 132 Å². The Bertz CT molecular complexity index is 774. The maximum Gasteiger partial charge on any atom is 0.243 e. The number of hydrogen-bond donors (Lipinski definition) is 1. The van der Waals surface area contributed by atoms with Gasteiger partial charge in [0.25, 0.3) is 0 Å². The number of likely N-dealkylation sites (N-methyl/N-ethyl adjacent to an activating group) is 1. The Morgan fingerprint density at radius 3 is 2.90 bits per heavy atom. The first-order chi connectivity index (χ1) is 10.0. The van der Waals surface area contributed by atoms with Crippen LogP contribution in [-0.4, -0.2) is 43.9 Å². The fourth-order valence-corrected chi connectivity index (χ4v) is 5.12. The topological polar surface area (TPSA) is 62.3 Å². The Kier molecular flexibility index (Phi) is 4.00. The van der Waals surface area contributed by atoms with Crippen LogP contribution >= 0.6 is 15.9 Å². The number of sulfonamides is 1. The van der Waals surface area contributed by atoms with E-state index in [-0.39, 0.29) is 6.04 Å². The largest absolute Gasteiger partial charge is 0.316 e. The van der Waals surface area contributed by atoms with Crippen LogP contribution in [-0.2, 0) is 10.0 Å². The highest BCUT2D eigenvalue weighted by atomic mass is 79.9. The van der Waals surface area contributed by atoms with Crippen molar-refractivity contribution in [3.63, 3.8) is 0 Å². The molecule has 5 nitrogen and oxygen atoms in total. The molecule has 1 saturated heterocycles. The van der Waals surface area contributed by atoms with Gasteiger partial charge in [0.05, 0.1) is 4.90 Å². The molecule has 1 aliphatic rings. The van der Waals surface area contributed by atoms with E-state index in [1.165, 1.54) is 0 Å². The molecule has 21 heavy (non-hydrogen) atoms. The van der Waals surface area contributed by atoms with E-state index in [1.807, 2.05) is 13.1 Å². The minimum atomic E-state index is -3.50. The highest BCUT2D eigenvalue weighted by Crippen LogP contribution is 2.32. The summed E-state index contributed by atoms with van der Waals surface area (Å²) in [7, 11) is -1.63. The van der Waals surface area contributed by atoms with Crippen LogP contribution in [0.4, 0.5) is 0 Å². The molecule has 1 atom stereocenters. The van der Waals surface area contributed by atoms with Gasteiger partial charge in [0.15, 0.2) is 0 Å². The average molecular weight is 370 g/mol. The lowest BCUT2D eigenvalue weighted by Crippen LogP contribution is -2.33. The van der Waals surface area contributed by atoms with E-state index in [0.717, 1.165) is 11.8 Å². The van der Waals surface area contributed by atoms with E-state index >= 15 is 0 Å². The van der Waals surface area contributed by atoms with Crippen molar-refractivity contribution in [2.24, 2.45) is 0 Å². The van der Waals surface area contributed by atoms with E-state index in [2.05, 4.69) is 26.2 Å². The highest BCUT2D eigenvalue weighted by Gasteiger charge is 2.33. The maximum atomic E-state index is 12.9. The molecule has 1 aromatic carbocycles. The second kappa shape index (κ2) is 5.64. The number of hydrogen-bond acceptors (Lipinski definition) is 4. The molecule has 0 amide bonds. The van der Waals surface area contributed by atoms with Gasteiger partial charge in [-0.25, -0.2) is 8.42 Å². The molecule has 1 aromatic heterocycles. The fourth-order valence-electron chi connectivity index (χ4n) is 2.70. The summed E-state index contributed by atoms with van der Waals surface area (Å²) >= 11 is 3.42. The third-order valence-electron chi connectivity index (χ3n) is 3.88. The molecule has 1 aliphatic heterocycles. The molecule has 0 radical (unpaired) electrons. The van der Waals surface area contributed by atoms with E-state index < -0.39 is 10.0 Å². The van der Waals surface area contributed by atoms with Crippen molar-refractivity contribution >= 4 is 36.7 Å². The second-order valence-electron chi connectivity index (χ2n) is 5.11. The van der Waals surface area contributed by atoms with Crippen LogP contribution in [0.15, 0.2) is 40.0 Å². The van der Waals surface area contributed by atoms with Gasteiger partial charge < -0.3 is 5.32 Å². The third kappa shape index (κ3) is 2.59. The van der Waals surface area contributed by atoms with Gasteiger partial charge in [0, 0.05) is 46.8 Å². The van der Waals surface area contributed by atoms with Gasteiger partial charge in [-0.15, -0.1) is 0 Å². The van der Waals surface area contributed by atoms with E-state index in [9.17, 15) is 8.42 Å². The molecule has 2 aromatic rings. The van der Waals surface area contributed by atoms with Gasteiger partial charge in [-0.1, -0.05) is 12.1 Å². The first-order valence-electron chi connectivity index (χ1n) is 6.73. The van der Waals surface area contributed by atoms with Gasteiger partial charge >= 0.3 is 0 Å². The molecule has 1 fully saturated rings. The smallest absolute Gasteiger partial charge is 0.243 e. The van der Waals surface area contributed by atoms with Gasteiger partial charge in [0.2, 0.25) is 10.0 Å². The zero-order valence-electron chi connectivity index (χ0n) is 11.6. The molecule has 112 valence electrons. The van der Waals surface area contributed by atoms with Crippen molar-refractivity contribution in [3.8, 4) is 0 Å². The number of fused-ring (bicyclic) bond motifs is 1. The second-order valence-corrected chi connectivity index (χ2v) is 7.87. The third-order valence-corrected chi connectivity index (χ3v) is 6.38. The lowest BCUT2D eigenvalue weighted by molar-refractivity contribution is 0.465. The molecule has 0 saturated carbocycles. The molecule has 1 N–H and O–H groups in total. The number of nitrogens with zero attached hydrogens (tertiary/aromatic N) is 2. The molecular weight excluding hydrogens is 354 g/mol. The molecule has 0 unspecified atom stereocenters. The minimum Gasteiger partial charge on any atom is -0.316 e. The Hall–Kier alpha value is -1.02. The monoisotopic (exact) mass is 369 g/mol. The van der Waals surface area contributed by atoms with Crippen LogP contribution in [0.25, 0.3) is 10.8 Å². The normalized spacial score (nSPS) is 20.2. The number of aromatic nitrogens is 1. The van der Waals surface area contributed by atoms with E-state index in [1.54, 1.807) is 28.8 Å². The summed E-state index contributed by atoms with van der Waals surface area (Å²) < 4.78 is 28.1. The van der Waals surface area contributed by atoms with Crippen LogP contribution in [0.1, 0.15) is 6.42 Å². The predicted octanol–water partition coefficient (Wildman–Crippen LogP) is 1.98. The summed E-state index contributed by atoms with van der Waals surface area (Å²) in [5, 5.41) is 4.65. The summed E-state index contributed by atoms with van der Waals surface area (Å²) in [5.41, 5.74) is 0. The van der Waals surface area contributed by atoms with Crippen molar-refractivity contribution in [2.45, 2.75) is 17.4 Å². The lowest BCUT2D eigenvalue weighted by Gasteiger charge is -2.18. The molecule has 0 bridgehead atoms. The van der Waals surface area contributed by atoms with Crippen molar-refractivity contribution < 1.29 is 8.42 Å². The van der Waals surface area contributed by atoms with Crippen LogP contribution < -0.4 is 5.32 Å². The lowest BCUT2D eigenvalue weighted by atomic mass is 10.2. The number of halogens is 1. The van der Waals surface area contributed by atoms with Gasteiger partial charge in [-0.3, -0.25) is 4.98 Å². The minimum absolute atomic E-state index is 0.222. The summed E-state index contributed by atoms with van der Waals surface area (Å²) in [6.07, 6.45) is 4.14. The predicted molar refractivity (Wildman–Crippen MR) is 85.7 cm³/mol. The average Bonchev–Trinajstić information content (AvgIpc) is 2.97. The van der Waals surface area contributed by atoms with Crippen LogP contribution in [0, 0.1) is 0 Å². The number of pyridine rings is 1. The number of rotatable bonds is 3. The van der Waals surface area contributed by atoms with Gasteiger partial charge in [0.1, 0.15) is 0 Å². The van der Waals surface area contributed by atoms with Crippen molar-refractivity contribution in [2.75, 3.05) is 20.1 Å². The molecular formula is C14H16BrN3O2S. The number of benzene rings is 1. The van der Waals surface area contributed by atoms with Crippen LogP contribution in [0.2, 0.25) is 0 Å². The van der Waals surface area contributed by atoms with Gasteiger partial charge in [-0.2, -0.15) is 4.31 Å². The van der Waals surface area contributed by atoms with Crippen molar-refractivity contribution in [3.05, 3.63) is 35.1 Å².